The van der Waals surface area contributed by atoms with Crippen LogP contribution in [0.5, 0.6) is 5.88 Å². The first-order valence-corrected chi connectivity index (χ1v) is 5.84. The summed E-state index contributed by atoms with van der Waals surface area (Å²) >= 11 is 0. The molecule has 94 valence electrons. The SMILES string of the molecule is CNC(c1cncc(C)c1)c1cccnc1OC. The molecule has 0 aromatic carbocycles. The second-order valence-corrected chi connectivity index (χ2v) is 4.12. The second-order valence-electron chi connectivity index (χ2n) is 4.12. The summed E-state index contributed by atoms with van der Waals surface area (Å²) in [6.07, 6.45) is 5.43. The standard InChI is InChI=1S/C14H17N3O/c1-10-7-11(9-16-8-10)13(15-2)12-5-4-6-17-14(12)18-3/h4-9,13,15H,1-3H3. The van der Waals surface area contributed by atoms with Crippen molar-refractivity contribution in [3.8, 4) is 5.88 Å². The van der Waals surface area contributed by atoms with Crippen molar-refractivity contribution < 1.29 is 4.74 Å². The Bertz CT molecular complexity index is 528. The molecule has 0 aliphatic heterocycles. The average molecular weight is 243 g/mol. The molecular weight excluding hydrogens is 226 g/mol. The van der Waals surface area contributed by atoms with E-state index in [0.717, 1.165) is 16.7 Å². The van der Waals surface area contributed by atoms with Crippen LogP contribution in [0.15, 0.2) is 36.8 Å². The molecule has 1 N–H and O–H groups in total. The highest BCUT2D eigenvalue weighted by Crippen LogP contribution is 2.27. The van der Waals surface area contributed by atoms with Crippen molar-refractivity contribution in [2.45, 2.75) is 13.0 Å². The molecule has 0 saturated carbocycles. The fourth-order valence-corrected chi connectivity index (χ4v) is 2.03. The summed E-state index contributed by atoms with van der Waals surface area (Å²) in [5.41, 5.74) is 3.24. The fraction of sp³-hybridized carbons (Fsp3) is 0.286. The largest absolute Gasteiger partial charge is 0.481 e. The summed E-state index contributed by atoms with van der Waals surface area (Å²) in [5.74, 6) is 0.637. The normalized spacial score (nSPS) is 12.2. The van der Waals surface area contributed by atoms with E-state index in [1.807, 2.05) is 38.5 Å². The first-order chi connectivity index (χ1) is 8.76. The Morgan fingerprint density at radius 3 is 2.83 bits per heavy atom. The summed E-state index contributed by atoms with van der Waals surface area (Å²) in [4.78, 5) is 8.46. The molecule has 0 bridgehead atoms. The number of ether oxygens (including phenoxy) is 1. The molecule has 4 nitrogen and oxygen atoms in total. The van der Waals surface area contributed by atoms with Gasteiger partial charge in [-0.05, 0) is 31.2 Å². The number of methoxy groups -OCH3 is 1. The number of nitrogens with one attached hydrogen (secondary N) is 1. The number of aryl methyl sites for hydroxylation is 1. The van der Waals surface area contributed by atoms with Gasteiger partial charge in [-0.1, -0.05) is 12.1 Å². The van der Waals surface area contributed by atoms with Crippen molar-refractivity contribution in [3.63, 3.8) is 0 Å². The lowest BCUT2D eigenvalue weighted by molar-refractivity contribution is 0.388. The van der Waals surface area contributed by atoms with Crippen LogP contribution in [0.4, 0.5) is 0 Å². The number of nitrogens with zero attached hydrogens (tertiary/aromatic N) is 2. The molecule has 0 aliphatic rings. The lowest BCUT2D eigenvalue weighted by Gasteiger charge is -2.18. The maximum absolute atomic E-state index is 5.31. The average Bonchev–Trinajstić information content (AvgIpc) is 2.40. The minimum Gasteiger partial charge on any atom is -0.481 e. The van der Waals surface area contributed by atoms with E-state index in [0.29, 0.717) is 5.88 Å². The van der Waals surface area contributed by atoms with Crippen LogP contribution in [0.3, 0.4) is 0 Å². The van der Waals surface area contributed by atoms with Gasteiger partial charge in [0.2, 0.25) is 5.88 Å². The Labute approximate surface area is 107 Å². The van der Waals surface area contributed by atoms with Gasteiger partial charge in [-0.3, -0.25) is 4.98 Å². The zero-order chi connectivity index (χ0) is 13.0. The van der Waals surface area contributed by atoms with Crippen molar-refractivity contribution >= 4 is 0 Å². The fourth-order valence-electron chi connectivity index (χ4n) is 2.03. The summed E-state index contributed by atoms with van der Waals surface area (Å²) in [6, 6.07) is 6.06. The molecule has 2 aromatic rings. The second kappa shape index (κ2) is 5.60. The van der Waals surface area contributed by atoms with Gasteiger partial charge in [-0.2, -0.15) is 0 Å². The topological polar surface area (TPSA) is 47.0 Å². The lowest BCUT2D eigenvalue weighted by atomic mass is 10.0. The van der Waals surface area contributed by atoms with E-state index in [4.69, 9.17) is 4.74 Å². The molecule has 0 spiro atoms. The molecule has 2 aromatic heterocycles. The van der Waals surface area contributed by atoms with Crippen molar-refractivity contribution in [2.24, 2.45) is 0 Å². The monoisotopic (exact) mass is 243 g/mol. The molecule has 1 unspecified atom stereocenters. The number of pyridine rings is 2. The first kappa shape index (κ1) is 12.5. The molecule has 4 heteroatoms. The van der Waals surface area contributed by atoms with Gasteiger partial charge in [0.1, 0.15) is 0 Å². The minimum absolute atomic E-state index is 0.0287. The Balaban J connectivity index is 2.45. The van der Waals surface area contributed by atoms with E-state index in [2.05, 4.69) is 21.4 Å². The predicted octanol–water partition coefficient (Wildman–Crippen LogP) is 2.10. The Morgan fingerprint density at radius 1 is 1.33 bits per heavy atom. The van der Waals surface area contributed by atoms with Crippen LogP contribution in [-0.2, 0) is 0 Å². The highest BCUT2D eigenvalue weighted by atomic mass is 16.5. The van der Waals surface area contributed by atoms with Crippen molar-refractivity contribution in [2.75, 3.05) is 14.2 Å². The molecule has 0 amide bonds. The number of rotatable bonds is 4. The Morgan fingerprint density at radius 2 is 2.17 bits per heavy atom. The quantitative estimate of drug-likeness (QED) is 0.893. The maximum atomic E-state index is 5.31. The summed E-state index contributed by atoms with van der Waals surface area (Å²) in [7, 11) is 3.55. The third-order valence-corrected chi connectivity index (χ3v) is 2.82. The van der Waals surface area contributed by atoms with Gasteiger partial charge in [0.25, 0.3) is 0 Å². The van der Waals surface area contributed by atoms with E-state index >= 15 is 0 Å². The molecule has 2 rings (SSSR count). The zero-order valence-corrected chi connectivity index (χ0v) is 10.8. The van der Waals surface area contributed by atoms with E-state index in [1.54, 1.807) is 13.3 Å². The van der Waals surface area contributed by atoms with Crippen LogP contribution in [0.25, 0.3) is 0 Å². The van der Waals surface area contributed by atoms with Gasteiger partial charge in [0, 0.05) is 24.2 Å². The van der Waals surface area contributed by atoms with Crippen LogP contribution in [0.1, 0.15) is 22.7 Å². The summed E-state index contributed by atoms with van der Waals surface area (Å²) < 4.78 is 5.31. The molecule has 0 radical (unpaired) electrons. The predicted molar refractivity (Wildman–Crippen MR) is 70.7 cm³/mol. The van der Waals surface area contributed by atoms with E-state index in [-0.39, 0.29) is 6.04 Å². The lowest BCUT2D eigenvalue weighted by Crippen LogP contribution is -2.19. The molecule has 1 atom stereocenters. The van der Waals surface area contributed by atoms with Crippen LogP contribution < -0.4 is 10.1 Å². The van der Waals surface area contributed by atoms with Gasteiger partial charge in [0.05, 0.1) is 13.2 Å². The molecule has 2 heterocycles. The van der Waals surface area contributed by atoms with Crippen LogP contribution in [0.2, 0.25) is 0 Å². The number of hydrogen-bond donors (Lipinski definition) is 1. The van der Waals surface area contributed by atoms with Crippen LogP contribution in [-0.4, -0.2) is 24.1 Å². The third-order valence-electron chi connectivity index (χ3n) is 2.82. The van der Waals surface area contributed by atoms with Crippen molar-refractivity contribution in [1.82, 2.24) is 15.3 Å². The number of aromatic nitrogens is 2. The summed E-state index contributed by atoms with van der Waals surface area (Å²) in [5, 5.41) is 3.28. The van der Waals surface area contributed by atoms with Gasteiger partial charge in [-0.25, -0.2) is 4.98 Å². The highest BCUT2D eigenvalue weighted by Gasteiger charge is 2.17. The van der Waals surface area contributed by atoms with Crippen LogP contribution in [0, 0.1) is 6.92 Å². The smallest absolute Gasteiger partial charge is 0.218 e. The van der Waals surface area contributed by atoms with Crippen molar-refractivity contribution in [3.05, 3.63) is 53.5 Å². The van der Waals surface area contributed by atoms with E-state index in [1.165, 1.54) is 0 Å². The van der Waals surface area contributed by atoms with Gasteiger partial charge < -0.3 is 10.1 Å². The Hall–Kier alpha value is -1.94. The van der Waals surface area contributed by atoms with Crippen molar-refractivity contribution in [1.29, 1.82) is 0 Å². The first-order valence-electron chi connectivity index (χ1n) is 5.84. The highest BCUT2D eigenvalue weighted by molar-refractivity contribution is 5.37. The van der Waals surface area contributed by atoms with Gasteiger partial charge in [-0.15, -0.1) is 0 Å². The molecule has 0 fully saturated rings. The third kappa shape index (κ3) is 2.49. The molecule has 0 saturated heterocycles. The maximum Gasteiger partial charge on any atom is 0.218 e. The number of hydrogen-bond acceptors (Lipinski definition) is 4. The van der Waals surface area contributed by atoms with Crippen LogP contribution >= 0.6 is 0 Å². The summed E-state index contributed by atoms with van der Waals surface area (Å²) in [6.45, 7) is 2.03. The van der Waals surface area contributed by atoms with E-state index in [9.17, 15) is 0 Å². The van der Waals surface area contributed by atoms with Gasteiger partial charge >= 0.3 is 0 Å². The molecule has 0 aliphatic carbocycles. The molecule has 18 heavy (non-hydrogen) atoms. The Kier molecular flexibility index (Phi) is 3.89. The molecular formula is C14H17N3O. The van der Waals surface area contributed by atoms with E-state index < -0.39 is 0 Å². The van der Waals surface area contributed by atoms with Gasteiger partial charge in [0.15, 0.2) is 0 Å². The zero-order valence-electron chi connectivity index (χ0n) is 10.8. The minimum atomic E-state index is 0.0287.